The first kappa shape index (κ1) is 22.7. The van der Waals surface area contributed by atoms with E-state index in [0.29, 0.717) is 10.3 Å². The summed E-state index contributed by atoms with van der Waals surface area (Å²) in [6.45, 7) is 14.1. The summed E-state index contributed by atoms with van der Waals surface area (Å²) in [6.07, 6.45) is 0. The molecule has 1 aromatic rings. The number of rotatable bonds is 2. The van der Waals surface area contributed by atoms with Crippen LogP contribution in [-0.4, -0.2) is 17.4 Å². The zero-order valence-electron chi connectivity index (χ0n) is 13.9. The van der Waals surface area contributed by atoms with Crippen molar-refractivity contribution < 1.29 is 22.9 Å². The molecule has 0 aliphatic rings. The van der Waals surface area contributed by atoms with E-state index in [2.05, 4.69) is 87.5 Å². The van der Waals surface area contributed by atoms with Gasteiger partial charge in [-0.2, -0.15) is 0 Å². The Kier molecular flexibility index (Phi) is 10.7. The van der Waals surface area contributed by atoms with Gasteiger partial charge in [-0.3, -0.25) is 0 Å². The van der Waals surface area contributed by atoms with Gasteiger partial charge in [-0.25, -0.2) is 0 Å². The van der Waals surface area contributed by atoms with Crippen LogP contribution in [0.25, 0.3) is 0 Å². The van der Waals surface area contributed by atoms with E-state index in [9.17, 15) is 0 Å². The Morgan fingerprint density at radius 2 is 1.35 bits per heavy atom. The van der Waals surface area contributed by atoms with Gasteiger partial charge in [0.05, 0.1) is 17.4 Å². The molecule has 0 amide bonds. The van der Waals surface area contributed by atoms with Gasteiger partial charge in [0.15, 0.2) is 5.75 Å². The van der Waals surface area contributed by atoms with Gasteiger partial charge in [-0.1, -0.05) is 12.1 Å². The van der Waals surface area contributed by atoms with Gasteiger partial charge in [0.1, 0.15) is 5.30 Å². The molecule has 0 aliphatic carbocycles. The Balaban J connectivity index is 0. The third-order valence-corrected chi connectivity index (χ3v) is 6.83. The van der Waals surface area contributed by atoms with Crippen molar-refractivity contribution in [2.45, 2.75) is 51.9 Å². The van der Waals surface area contributed by atoms with E-state index in [0.717, 1.165) is 5.75 Å². The molecule has 0 N–H and O–H groups in total. The fourth-order valence-electron chi connectivity index (χ4n) is 2.78. The summed E-state index contributed by atoms with van der Waals surface area (Å²) in [4.78, 5) is 0. The monoisotopic (exact) mass is 409 g/mol. The second kappa shape index (κ2) is 9.43. The number of ether oxygens (including phenoxy) is 1. The average Bonchev–Trinajstić information content (AvgIpc) is 2.28. The number of halogens is 1. The molecule has 0 bridgehead atoms. The summed E-state index contributed by atoms with van der Waals surface area (Å²) in [6, 6.07) is 8.49. The second-order valence-corrected chi connectivity index (χ2v) is 10.9. The van der Waals surface area contributed by atoms with Crippen molar-refractivity contribution in [3.8, 4) is 5.75 Å². The third-order valence-electron chi connectivity index (χ3n) is 2.88. The molecule has 0 spiro atoms. The quantitative estimate of drug-likeness (QED) is 0.367. The van der Waals surface area contributed by atoms with E-state index in [1.165, 1.54) is 5.30 Å². The van der Waals surface area contributed by atoms with Gasteiger partial charge in [-0.15, -0.1) is 0 Å². The molecule has 0 unspecified atom stereocenters. The Labute approximate surface area is 142 Å². The van der Waals surface area contributed by atoms with Crippen LogP contribution in [-0.2, 0) is 18.2 Å². The van der Waals surface area contributed by atoms with Gasteiger partial charge in [0.25, 0.3) is 0 Å². The second-order valence-electron chi connectivity index (χ2n) is 6.58. The van der Waals surface area contributed by atoms with E-state index >= 15 is 0 Å². The van der Waals surface area contributed by atoms with Crippen molar-refractivity contribution in [3.63, 3.8) is 0 Å². The van der Waals surface area contributed by atoms with E-state index < -0.39 is 7.92 Å². The Morgan fingerprint density at radius 3 is 1.70 bits per heavy atom. The van der Waals surface area contributed by atoms with Crippen LogP contribution < -0.4 is 10.0 Å². The van der Waals surface area contributed by atoms with Crippen LogP contribution in [0, 0.1) is 7.43 Å². The molecule has 4 heteroatoms. The molecular formula is C16H29ClOPPd+. The number of para-hydroxylation sites is 1. The molecular weight excluding hydrogens is 381 g/mol. The topological polar surface area (TPSA) is 9.23 Å². The van der Waals surface area contributed by atoms with Gasteiger partial charge >= 0.3 is 27.7 Å². The van der Waals surface area contributed by atoms with Gasteiger partial charge in [-0.05, 0) is 53.7 Å². The van der Waals surface area contributed by atoms with Crippen molar-refractivity contribution in [2.24, 2.45) is 0 Å². The molecule has 1 aromatic carbocycles. The molecule has 0 saturated carbocycles. The van der Waals surface area contributed by atoms with Crippen molar-refractivity contribution >= 4 is 22.8 Å². The SMILES string of the molecule is COc1ccccc1[PH+](C(C)(C)C)C(C)(C)C.[CH3-].[Cl][Pd+]. The minimum atomic E-state index is -0.720. The molecule has 0 fully saturated rings. The zero-order valence-corrected chi connectivity index (χ0v) is 17.2. The summed E-state index contributed by atoms with van der Waals surface area (Å²) in [7, 11) is 5.54. The third kappa shape index (κ3) is 6.45. The fourth-order valence-corrected chi connectivity index (χ4v) is 7.34. The molecule has 0 saturated heterocycles. The van der Waals surface area contributed by atoms with Crippen LogP contribution in [0.1, 0.15) is 41.5 Å². The standard InChI is InChI=1S/C15H25OP.CH3.ClH.Pd/c1-14(2,3)17(15(4,5)6)13-11-9-8-10-12(13)16-7;;;/h8-11H,1-7H3;1H3;1H;/q;-1;;+2. The number of benzene rings is 1. The molecule has 0 radical (unpaired) electrons. The van der Waals surface area contributed by atoms with Gasteiger partial charge in [0, 0.05) is 7.92 Å². The maximum atomic E-state index is 5.54. The van der Waals surface area contributed by atoms with E-state index in [1.54, 1.807) is 7.11 Å². The number of methoxy groups -OCH3 is 1. The summed E-state index contributed by atoms with van der Waals surface area (Å²) in [5.74, 6) is 1.05. The molecule has 0 heterocycles. The van der Waals surface area contributed by atoms with Crippen LogP contribution >= 0.6 is 17.5 Å². The Bertz CT molecular complexity index is 369. The molecule has 0 atom stereocenters. The molecule has 0 aromatic heterocycles. The Hall–Kier alpha value is 0.402. The van der Waals surface area contributed by atoms with Crippen molar-refractivity contribution in [1.29, 1.82) is 0 Å². The van der Waals surface area contributed by atoms with E-state index in [4.69, 9.17) is 4.74 Å². The predicted molar refractivity (Wildman–Crippen MR) is 92.7 cm³/mol. The van der Waals surface area contributed by atoms with Gasteiger partial charge < -0.3 is 12.2 Å². The zero-order chi connectivity index (χ0) is 15.3. The van der Waals surface area contributed by atoms with E-state index in [1.807, 2.05) is 6.07 Å². The van der Waals surface area contributed by atoms with Crippen molar-refractivity contribution in [1.82, 2.24) is 0 Å². The summed E-state index contributed by atoms with van der Waals surface area (Å²) in [5, 5.41) is 2.05. The molecule has 0 aliphatic heterocycles. The van der Waals surface area contributed by atoms with Crippen LogP contribution in [0.3, 0.4) is 0 Å². The summed E-state index contributed by atoms with van der Waals surface area (Å²) >= 11 is 2.22. The van der Waals surface area contributed by atoms with Crippen molar-refractivity contribution in [3.05, 3.63) is 31.7 Å². The maximum absolute atomic E-state index is 5.54. The number of hydrogen-bond acceptors (Lipinski definition) is 1. The first-order chi connectivity index (χ1) is 8.68. The number of hydrogen-bond donors (Lipinski definition) is 0. The molecule has 120 valence electrons. The van der Waals surface area contributed by atoms with Crippen LogP contribution in [0.2, 0.25) is 0 Å². The minimum absolute atomic E-state index is 0. The van der Waals surface area contributed by atoms with Crippen molar-refractivity contribution in [2.75, 3.05) is 7.11 Å². The Morgan fingerprint density at radius 1 is 0.950 bits per heavy atom. The first-order valence-electron chi connectivity index (χ1n) is 6.31. The van der Waals surface area contributed by atoms with Crippen LogP contribution in [0.5, 0.6) is 5.75 Å². The first-order valence-corrected chi connectivity index (χ1v) is 9.81. The molecule has 1 rings (SSSR count). The average molecular weight is 410 g/mol. The van der Waals surface area contributed by atoms with Crippen LogP contribution in [0.4, 0.5) is 0 Å². The van der Waals surface area contributed by atoms with Gasteiger partial charge in [0.2, 0.25) is 0 Å². The summed E-state index contributed by atoms with van der Waals surface area (Å²) in [5.41, 5.74) is 0. The fraction of sp³-hybridized carbons (Fsp3) is 0.562. The summed E-state index contributed by atoms with van der Waals surface area (Å²) < 4.78 is 5.54. The predicted octanol–water partition coefficient (Wildman–Crippen LogP) is 5.27. The molecule has 20 heavy (non-hydrogen) atoms. The van der Waals surface area contributed by atoms with E-state index in [-0.39, 0.29) is 7.43 Å². The normalized spacial score (nSPS) is 11.3. The molecule has 1 nitrogen and oxygen atoms in total. The van der Waals surface area contributed by atoms with Crippen LogP contribution in [0.15, 0.2) is 24.3 Å².